The first-order chi connectivity index (χ1) is 20.4. The number of carbonyl (C=O) groups excluding carboxylic acids is 1. The number of aromatic nitrogens is 3. The van der Waals surface area contributed by atoms with Crippen molar-refractivity contribution in [1.29, 1.82) is 0 Å². The standard InChI is InChI=1S/C32H33FN6O3/c33-25-15-20(36-31(41)24-14-18-1-2-19(24)13-18)3-5-23(25)27-16-28(30-26(37-27)7-10-34-32(30)42)38-29-6-4-21(17-35-29)39-11-8-22(40)9-12-39/h3-7,10,15-19,22,24,40H,1-2,8-9,11-14H2,(H,34,42)(H,36,41)(H,35,37,38)/t18-,19+,24-/m0/s1. The summed E-state index contributed by atoms with van der Waals surface area (Å²) in [5, 5.41) is 16.3. The van der Waals surface area contributed by atoms with Gasteiger partial charge < -0.3 is 25.6 Å². The van der Waals surface area contributed by atoms with Crippen molar-refractivity contribution < 1.29 is 14.3 Å². The number of fused-ring (bicyclic) bond motifs is 3. The Bertz CT molecular complexity index is 1700. The third-order valence-corrected chi connectivity index (χ3v) is 9.16. The molecule has 4 heterocycles. The van der Waals surface area contributed by atoms with Crippen LogP contribution >= 0.6 is 0 Å². The van der Waals surface area contributed by atoms with Crippen molar-refractivity contribution in [3.8, 4) is 11.3 Å². The molecule has 0 unspecified atom stereocenters. The molecule has 1 saturated heterocycles. The van der Waals surface area contributed by atoms with Crippen LogP contribution in [0.5, 0.6) is 0 Å². The number of nitrogens with one attached hydrogen (secondary N) is 3. The molecule has 1 amide bonds. The van der Waals surface area contributed by atoms with Gasteiger partial charge in [-0.25, -0.2) is 14.4 Å². The number of hydrogen-bond acceptors (Lipinski definition) is 7. The SMILES string of the molecule is O=C(Nc1ccc(-c2cc(Nc3ccc(N4CCC(O)CC4)cn3)c3c(=O)[nH]ccc3n2)c(F)c1)[C@H]1C[C@H]2CC[C@@H]1C2. The number of anilines is 4. The lowest BCUT2D eigenvalue weighted by Gasteiger charge is -2.31. The molecule has 4 N–H and O–H groups in total. The van der Waals surface area contributed by atoms with E-state index in [-0.39, 0.29) is 29.1 Å². The van der Waals surface area contributed by atoms with E-state index in [9.17, 15) is 14.7 Å². The molecule has 42 heavy (non-hydrogen) atoms. The number of halogens is 1. The molecular weight excluding hydrogens is 535 g/mol. The van der Waals surface area contributed by atoms with Gasteiger partial charge in [-0.15, -0.1) is 0 Å². The lowest BCUT2D eigenvalue weighted by molar-refractivity contribution is -0.121. The third-order valence-electron chi connectivity index (χ3n) is 9.16. The maximum absolute atomic E-state index is 15.5. The second kappa shape index (κ2) is 10.8. The Labute approximate surface area is 242 Å². The van der Waals surface area contributed by atoms with Crippen LogP contribution in [0.1, 0.15) is 38.5 Å². The van der Waals surface area contributed by atoms with Crippen LogP contribution in [0.2, 0.25) is 0 Å². The van der Waals surface area contributed by atoms with Crippen LogP contribution in [0, 0.1) is 23.6 Å². The van der Waals surface area contributed by atoms with Crippen molar-refractivity contribution in [3.63, 3.8) is 0 Å². The Kier molecular flexibility index (Phi) is 6.85. The lowest BCUT2D eigenvalue weighted by Crippen LogP contribution is -2.35. The zero-order valence-corrected chi connectivity index (χ0v) is 23.1. The van der Waals surface area contributed by atoms with Crippen LogP contribution in [0.3, 0.4) is 0 Å². The topological polar surface area (TPSA) is 123 Å². The van der Waals surface area contributed by atoms with E-state index in [0.717, 1.165) is 50.9 Å². The number of piperidine rings is 1. The Morgan fingerprint density at radius 2 is 1.90 bits per heavy atom. The van der Waals surface area contributed by atoms with E-state index >= 15 is 4.39 Å². The molecule has 3 aliphatic rings. The summed E-state index contributed by atoms with van der Waals surface area (Å²) in [7, 11) is 0. The Hall–Kier alpha value is -4.31. The van der Waals surface area contributed by atoms with Crippen LogP contribution < -0.4 is 21.1 Å². The second-order valence-corrected chi connectivity index (χ2v) is 11.8. The number of amides is 1. The quantitative estimate of drug-likeness (QED) is 0.252. The number of pyridine rings is 3. The molecule has 4 aromatic rings. The largest absolute Gasteiger partial charge is 0.393 e. The lowest BCUT2D eigenvalue weighted by atomic mass is 9.88. The molecule has 7 rings (SSSR count). The molecule has 216 valence electrons. The maximum atomic E-state index is 15.5. The minimum absolute atomic E-state index is 0.00999. The number of aliphatic hydroxyl groups is 1. The Morgan fingerprint density at radius 1 is 1.05 bits per heavy atom. The molecule has 0 spiro atoms. The molecule has 0 radical (unpaired) electrons. The summed E-state index contributed by atoms with van der Waals surface area (Å²) in [6, 6.07) is 11.7. The van der Waals surface area contributed by atoms with E-state index < -0.39 is 5.82 Å². The molecular formula is C32H33FN6O3. The zero-order valence-electron chi connectivity index (χ0n) is 23.1. The number of hydrogen-bond donors (Lipinski definition) is 4. The van der Waals surface area contributed by atoms with E-state index in [1.54, 1.807) is 30.5 Å². The van der Waals surface area contributed by atoms with Gasteiger partial charge in [0, 0.05) is 36.5 Å². The summed E-state index contributed by atoms with van der Waals surface area (Å²) in [6.45, 7) is 1.53. The first kappa shape index (κ1) is 26.6. The third kappa shape index (κ3) is 5.11. The summed E-state index contributed by atoms with van der Waals surface area (Å²) in [6.07, 6.45) is 8.83. The highest BCUT2D eigenvalue weighted by molar-refractivity contribution is 5.95. The average Bonchev–Trinajstić information content (AvgIpc) is 3.63. The fraction of sp³-hybridized carbons (Fsp3) is 0.375. The van der Waals surface area contributed by atoms with Crippen LogP contribution in [-0.4, -0.2) is 45.2 Å². The van der Waals surface area contributed by atoms with Crippen molar-refractivity contribution >= 4 is 39.7 Å². The Morgan fingerprint density at radius 3 is 2.62 bits per heavy atom. The van der Waals surface area contributed by atoms with Gasteiger partial charge in [0.25, 0.3) is 5.56 Å². The summed E-state index contributed by atoms with van der Waals surface area (Å²) >= 11 is 0. The van der Waals surface area contributed by atoms with Crippen molar-refractivity contribution in [2.24, 2.45) is 17.8 Å². The van der Waals surface area contributed by atoms with Gasteiger partial charge in [0.05, 0.1) is 40.3 Å². The first-order valence-corrected chi connectivity index (χ1v) is 14.7. The molecule has 3 atom stereocenters. The van der Waals surface area contributed by atoms with E-state index in [4.69, 9.17) is 0 Å². The summed E-state index contributed by atoms with van der Waals surface area (Å²) in [5.74, 6) is 1.08. The molecule has 2 saturated carbocycles. The van der Waals surface area contributed by atoms with Crippen LogP contribution in [0.15, 0.2) is 59.7 Å². The fourth-order valence-corrected chi connectivity index (χ4v) is 6.94. The number of H-pyrrole nitrogens is 1. The number of carbonyl (C=O) groups is 1. The van der Waals surface area contributed by atoms with Crippen LogP contribution in [0.25, 0.3) is 22.2 Å². The highest BCUT2D eigenvalue weighted by Crippen LogP contribution is 2.48. The number of aliphatic hydroxyl groups excluding tert-OH is 1. The predicted molar refractivity (Wildman–Crippen MR) is 160 cm³/mol. The van der Waals surface area contributed by atoms with Gasteiger partial charge in [-0.1, -0.05) is 6.42 Å². The summed E-state index contributed by atoms with van der Waals surface area (Å²) < 4.78 is 15.5. The maximum Gasteiger partial charge on any atom is 0.259 e. The van der Waals surface area contributed by atoms with Crippen molar-refractivity contribution in [1.82, 2.24) is 15.0 Å². The monoisotopic (exact) mass is 568 g/mol. The summed E-state index contributed by atoms with van der Waals surface area (Å²) in [4.78, 5) is 39.7. The van der Waals surface area contributed by atoms with E-state index in [1.807, 2.05) is 12.1 Å². The highest BCUT2D eigenvalue weighted by atomic mass is 19.1. The smallest absolute Gasteiger partial charge is 0.259 e. The fourth-order valence-electron chi connectivity index (χ4n) is 6.94. The van der Waals surface area contributed by atoms with Gasteiger partial charge in [0.1, 0.15) is 11.6 Å². The number of rotatable bonds is 6. The van der Waals surface area contributed by atoms with Gasteiger partial charge in [-0.3, -0.25) is 9.59 Å². The zero-order chi connectivity index (χ0) is 28.8. The number of nitrogens with zero attached hydrogens (tertiary/aromatic N) is 3. The van der Waals surface area contributed by atoms with Gasteiger partial charge in [0.2, 0.25) is 5.91 Å². The van der Waals surface area contributed by atoms with Gasteiger partial charge >= 0.3 is 0 Å². The van der Waals surface area contributed by atoms with Crippen molar-refractivity contribution in [2.45, 2.75) is 44.6 Å². The normalized spacial score (nSPS) is 22.0. The highest BCUT2D eigenvalue weighted by Gasteiger charge is 2.43. The van der Waals surface area contributed by atoms with Crippen LogP contribution in [0.4, 0.5) is 27.3 Å². The molecule has 9 nitrogen and oxygen atoms in total. The number of benzene rings is 1. The molecule has 3 aromatic heterocycles. The summed E-state index contributed by atoms with van der Waals surface area (Å²) in [5.41, 5.74) is 2.53. The van der Waals surface area contributed by atoms with Crippen molar-refractivity contribution in [2.75, 3.05) is 28.6 Å². The van der Waals surface area contributed by atoms with Crippen molar-refractivity contribution in [3.05, 3.63) is 71.0 Å². The van der Waals surface area contributed by atoms with E-state index in [1.165, 1.54) is 18.7 Å². The van der Waals surface area contributed by atoms with Gasteiger partial charge in [0.15, 0.2) is 0 Å². The van der Waals surface area contributed by atoms with E-state index in [2.05, 4.69) is 30.5 Å². The molecule has 1 aromatic carbocycles. The van der Waals surface area contributed by atoms with E-state index in [0.29, 0.717) is 45.6 Å². The minimum atomic E-state index is -0.516. The molecule has 1 aliphatic heterocycles. The number of aromatic amines is 1. The second-order valence-electron chi connectivity index (χ2n) is 11.8. The average molecular weight is 569 g/mol. The molecule has 10 heteroatoms. The predicted octanol–water partition coefficient (Wildman–Crippen LogP) is 5.20. The van der Waals surface area contributed by atoms with Gasteiger partial charge in [-0.2, -0.15) is 0 Å². The molecule has 3 fully saturated rings. The first-order valence-electron chi connectivity index (χ1n) is 14.7. The minimum Gasteiger partial charge on any atom is -0.393 e. The van der Waals surface area contributed by atoms with Crippen LogP contribution in [-0.2, 0) is 4.79 Å². The molecule has 2 bridgehead atoms. The molecule has 2 aliphatic carbocycles. The van der Waals surface area contributed by atoms with Gasteiger partial charge in [-0.05, 0) is 86.4 Å². The Balaban J connectivity index is 1.15.